The molecule has 0 fully saturated rings. The molecule has 2 aromatic heterocycles. The number of pyridine rings is 1. The third-order valence-electron chi connectivity index (χ3n) is 5.68. The van der Waals surface area contributed by atoms with E-state index in [1.807, 2.05) is 48.7 Å². The highest BCUT2D eigenvalue weighted by molar-refractivity contribution is 6.30. The van der Waals surface area contributed by atoms with E-state index in [-0.39, 0.29) is 11.8 Å². The van der Waals surface area contributed by atoms with Crippen LogP contribution in [0.15, 0.2) is 73.1 Å². The first-order valence-corrected chi connectivity index (χ1v) is 11.0. The topological polar surface area (TPSA) is 57.8 Å². The van der Waals surface area contributed by atoms with Crippen LogP contribution in [0.3, 0.4) is 0 Å². The molecule has 2 N–H and O–H groups in total. The van der Waals surface area contributed by atoms with Gasteiger partial charge in [0.05, 0.1) is 0 Å². The largest absolute Gasteiger partial charge is 0.361 e. The highest BCUT2D eigenvalue weighted by Crippen LogP contribution is 2.35. The van der Waals surface area contributed by atoms with Gasteiger partial charge in [-0.25, -0.2) is 0 Å². The van der Waals surface area contributed by atoms with Gasteiger partial charge in [-0.2, -0.15) is 0 Å². The maximum atomic E-state index is 12.9. The fraction of sp³-hybridized carbons (Fsp3) is 0.231. The number of aromatic amines is 1. The number of carbonyl (C=O) groups excluding carboxylic acids is 1. The maximum absolute atomic E-state index is 12.9. The molecule has 0 radical (unpaired) electrons. The number of fused-ring (bicyclic) bond motifs is 1. The molecule has 0 bridgehead atoms. The predicted octanol–water partition coefficient (Wildman–Crippen LogP) is 5.66. The van der Waals surface area contributed by atoms with Crippen molar-refractivity contribution in [2.75, 3.05) is 6.54 Å². The van der Waals surface area contributed by atoms with Gasteiger partial charge in [-0.15, -0.1) is 0 Å². The zero-order chi connectivity index (χ0) is 21.6. The first-order chi connectivity index (χ1) is 15.2. The number of H-pyrrole nitrogens is 1. The summed E-state index contributed by atoms with van der Waals surface area (Å²) in [4.78, 5) is 20.6. The van der Waals surface area contributed by atoms with Crippen LogP contribution in [0, 0.1) is 0 Å². The van der Waals surface area contributed by atoms with E-state index in [0.29, 0.717) is 24.4 Å². The number of carbonyl (C=O) groups is 1. The summed E-state index contributed by atoms with van der Waals surface area (Å²) < 4.78 is 0. The molecule has 1 unspecified atom stereocenters. The lowest BCUT2D eigenvalue weighted by atomic mass is 9.87. The van der Waals surface area contributed by atoms with Crippen molar-refractivity contribution in [3.05, 3.63) is 100 Å². The SMILES string of the molecule is CCc1cccc2c(C(CC(=O)NCCc3ccccn3)c3ccc(Cl)cc3)c[nH]c12. The average Bonchev–Trinajstić information content (AvgIpc) is 3.23. The number of nitrogens with zero attached hydrogens (tertiary/aromatic N) is 1. The van der Waals surface area contributed by atoms with Gasteiger partial charge in [0.1, 0.15) is 0 Å². The number of nitrogens with one attached hydrogen (secondary N) is 2. The number of benzene rings is 2. The summed E-state index contributed by atoms with van der Waals surface area (Å²) >= 11 is 6.12. The van der Waals surface area contributed by atoms with Gasteiger partial charge in [0.15, 0.2) is 0 Å². The van der Waals surface area contributed by atoms with Crippen LogP contribution in [0.2, 0.25) is 5.02 Å². The van der Waals surface area contributed by atoms with Gasteiger partial charge in [0, 0.05) is 59.3 Å². The van der Waals surface area contributed by atoms with E-state index in [0.717, 1.165) is 28.8 Å². The smallest absolute Gasteiger partial charge is 0.220 e. The van der Waals surface area contributed by atoms with E-state index >= 15 is 0 Å². The van der Waals surface area contributed by atoms with Crippen molar-refractivity contribution in [1.82, 2.24) is 15.3 Å². The number of halogens is 1. The Morgan fingerprint density at radius 3 is 2.68 bits per heavy atom. The Bertz CT molecular complexity index is 1150. The van der Waals surface area contributed by atoms with Crippen molar-refractivity contribution in [1.29, 1.82) is 0 Å². The number of aryl methyl sites for hydroxylation is 1. The van der Waals surface area contributed by atoms with Crippen LogP contribution in [0.25, 0.3) is 10.9 Å². The summed E-state index contributed by atoms with van der Waals surface area (Å²) in [5.41, 5.74) is 5.60. The standard InChI is InChI=1S/C26H26ClN3O/c1-2-18-6-5-8-22-24(17-30-26(18)22)23(19-9-11-20(27)12-10-19)16-25(31)29-15-13-21-7-3-4-14-28-21/h3-12,14,17,23,30H,2,13,15-16H2,1H3,(H,29,31). The molecular formula is C26H26ClN3O. The van der Waals surface area contributed by atoms with E-state index < -0.39 is 0 Å². The monoisotopic (exact) mass is 431 g/mol. The van der Waals surface area contributed by atoms with Crippen molar-refractivity contribution in [2.45, 2.75) is 32.1 Å². The van der Waals surface area contributed by atoms with Gasteiger partial charge >= 0.3 is 0 Å². The fourth-order valence-corrected chi connectivity index (χ4v) is 4.18. The molecule has 4 rings (SSSR count). The van der Waals surface area contributed by atoms with Gasteiger partial charge in [-0.3, -0.25) is 9.78 Å². The molecule has 5 heteroatoms. The number of para-hydroxylation sites is 1. The van der Waals surface area contributed by atoms with Crippen molar-refractivity contribution >= 4 is 28.4 Å². The Balaban J connectivity index is 1.57. The third kappa shape index (κ3) is 4.97. The Labute approximate surface area is 187 Å². The van der Waals surface area contributed by atoms with Gasteiger partial charge in [0.25, 0.3) is 0 Å². The normalized spacial score (nSPS) is 12.1. The Kier molecular flexibility index (Phi) is 6.68. The number of amides is 1. The summed E-state index contributed by atoms with van der Waals surface area (Å²) in [5, 5.41) is 4.92. The number of rotatable bonds is 8. The first-order valence-electron chi connectivity index (χ1n) is 10.7. The van der Waals surface area contributed by atoms with E-state index in [2.05, 4.69) is 40.4 Å². The lowest BCUT2D eigenvalue weighted by Crippen LogP contribution is -2.27. The molecule has 4 nitrogen and oxygen atoms in total. The van der Waals surface area contributed by atoms with Gasteiger partial charge in [-0.05, 0) is 47.4 Å². The van der Waals surface area contributed by atoms with Crippen molar-refractivity contribution < 1.29 is 4.79 Å². The molecule has 31 heavy (non-hydrogen) atoms. The highest BCUT2D eigenvalue weighted by Gasteiger charge is 2.22. The molecule has 0 saturated heterocycles. The molecule has 1 amide bonds. The molecular weight excluding hydrogens is 406 g/mol. The minimum atomic E-state index is -0.0621. The van der Waals surface area contributed by atoms with Crippen molar-refractivity contribution in [3.63, 3.8) is 0 Å². The summed E-state index contributed by atoms with van der Waals surface area (Å²) in [6.45, 7) is 2.72. The maximum Gasteiger partial charge on any atom is 0.220 e. The average molecular weight is 432 g/mol. The van der Waals surface area contributed by atoms with Crippen molar-refractivity contribution in [3.8, 4) is 0 Å². The number of hydrogen-bond donors (Lipinski definition) is 2. The Morgan fingerprint density at radius 2 is 1.94 bits per heavy atom. The van der Waals surface area contributed by atoms with E-state index in [1.54, 1.807) is 6.20 Å². The zero-order valence-corrected chi connectivity index (χ0v) is 18.3. The lowest BCUT2D eigenvalue weighted by molar-refractivity contribution is -0.121. The minimum Gasteiger partial charge on any atom is -0.361 e. The minimum absolute atomic E-state index is 0.0249. The van der Waals surface area contributed by atoms with Crippen LogP contribution in [0.5, 0.6) is 0 Å². The highest BCUT2D eigenvalue weighted by atomic mass is 35.5. The molecule has 0 spiro atoms. The molecule has 0 aliphatic carbocycles. The number of hydrogen-bond acceptors (Lipinski definition) is 2. The lowest BCUT2D eigenvalue weighted by Gasteiger charge is -2.17. The molecule has 1 atom stereocenters. The van der Waals surface area contributed by atoms with Gasteiger partial charge in [-0.1, -0.05) is 54.9 Å². The van der Waals surface area contributed by atoms with Gasteiger partial charge < -0.3 is 10.3 Å². The van der Waals surface area contributed by atoms with Crippen LogP contribution in [-0.4, -0.2) is 22.4 Å². The van der Waals surface area contributed by atoms with Crippen LogP contribution in [0.1, 0.15) is 41.6 Å². The van der Waals surface area contributed by atoms with E-state index in [9.17, 15) is 4.79 Å². The van der Waals surface area contributed by atoms with E-state index in [4.69, 9.17) is 11.6 Å². The summed E-state index contributed by atoms with van der Waals surface area (Å²) in [5.74, 6) is -0.0372. The molecule has 0 aliphatic heterocycles. The van der Waals surface area contributed by atoms with Gasteiger partial charge in [0.2, 0.25) is 5.91 Å². The quantitative estimate of drug-likeness (QED) is 0.378. The first kappa shape index (κ1) is 21.1. The molecule has 0 aliphatic rings. The second-order valence-corrected chi connectivity index (χ2v) is 8.10. The summed E-state index contributed by atoms with van der Waals surface area (Å²) in [7, 11) is 0. The molecule has 0 saturated carbocycles. The van der Waals surface area contributed by atoms with Crippen LogP contribution >= 0.6 is 11.6 Å². The summed E-state index contributed by atoms with van der Waals surface area (Å²) in [6, 6.07) is 20.0. The second-order valence-electron chi connectivity index (χ2n) is 7.67. The molecule has 158 valence electrons. The molecule has 2 aromatic carbocycles. The predicted molar refractivity (Wildman–Crippen MR) is 127 cm³/mol. The second kappa shape index (κ2) is 9.80. The molecule has 4 aromatic rings. The number of aromatic nitrogens is 2. The fourth-order valence-electron chi connectivity index (χ4n) is 4.06. The Morgan fingerprint density at radius 1 is 1.10 bits per heavy atom. The zero-order valence-electron chi connectivity index (χ0n) is 17.6. The third-order valence-corrected chi connectivity index (χ3v) is 5.93. The molecule has 2 heterocycles. The summed E-state index contributed by atoms with van der Waals surface area (Å²) in [6.07, 6.45) is 5.86. The Hall–Kier alpha value is -3.11. The van der Waals surface area contributed by atoms with Crippen molar-refractivity contribution in [2.24, 2.45) is 0 Å². The van der Waals surface area contributed by atoms with Crippen LogP contribution < -0.4 is 5.32 Å². The van der Waals surface area contributed by atoms with E-state index in [1.165, 1.54) is 10.9 Å². The van der Waals surface area contributed by atoms with Crippen LogP contribution in [-0.2, 0) is 17.6 Å². The van der Waals surface area contributed by atoms with Crippen LogP contribution in [0.4, 0.5) is 0 Å².